The van der Waals surface area contributed by atoms with Gasteiger partial charge in [-0.3, -0.25) is 4.90 Å². The molecule has 0 saturated carbocycles. The minimum absolute atomic E-state index is 0.0388. The number of likely N-dealkylation sites (tertiary alicyclic amines) is 1. The average molecular weight is 567 g/mol. The Morgan fingerprint density at radius 1 is 1.29 bits per heavy atom. The van der Waals surface area contributed by atoms with Crippen LogP contribution in [-0.2, 0) is 38.9 Å². The number of alkyl halides is 2. The van der Waals surface area contributed by atoms with E-state index < -0.39 is 18.1 Å². The van der Waals surface area contributed by atoms with E-state index in [1.54, 1.807) is 6.20 Å². The van der Waals surface area contributed by atoms with Crippen LogP contribution in [0.4, 0.5) is 8.78 Å². The molecule has 0 unspecified atom stereocenters. The summed E-state index contributed by atoms with van der Waals surface area (Å²) in [7, 11) is 0. The van der Waals surface area contributed by atoms with Crippen LogP contribution in [0.5, 0.6) is 0 Å². The lowest BCUT2D eigenvalue weighted by atomic mass is 9.84. The second kappa shape index (κ2) is 11.9. The van der Waals surface area contributed by atoms with Crippen LogP contribution in [0.15, 0.2) is 30.6 Å². The first-order valence-corrected chi connectivity index (χ1v) is 13.8. The molecule has 0 bridgehead atoms. The van der Waals surface area contributed by atoms with Gasteiger partial charge in [0.15, 0.2) is 5.82 Å². The highest BCUT2D eigenvalue weighted by Crippen LogP contribution is 2.52. The second-order valence-electron chi connectivity index (χ2n) is 9.82. The Balaban J connectivity index is 0.00000107. The summed E-state index contributed by atoms with van der Waals surface area (Å²) in [6.07, 6.45) is 5.96. The summed E-state index contributed by atoms with van der Waals surface area (Å²) in [6, 6.07) is 5.32. The molecule has 0 amide bonds. The van der Waals surface area contributed by atoms with Crippen LogP contribution in [-0.4, -0.2) is 51.8 Å². The van der Waals surface area contributed by atoms with Gasteiger partial charge in [0.05, 0.1) is 22.7 Å². The minimum atomic E-state index is -2.99. The number of halogens is 3. The van der Waals surface area contributed by atoms with Crippen LogP contribution >= 0.6 is 22.9 Å². The molecule has 5 heterocycles. The van der Waals surface area contributed by atoms with Crippen molar-refractivity contribution in [3.8, 4) is 5.82 Å². The smallest absolute Gasteiger partial charge is 0.297 e. The van der Waals surface area contributed by atoms with Crippen molar-refractivity contribution in [2.45, 2.75) is 71.3 Å². The molecule has 1 saturated heterocycles. The van der Waals surface area contributed by atoms with E-state index >= 15 is 0 Å². The molecule has 1 fully saturated rings. The number of fused-ring (bicyclic) bond motifs is 2. The van der Waals surface area contributed by atoms with E-state index in [-0.39, 0.29) is 11.7 Å². The summed E-state index contributed by atoms with van der Waals surface area (Å²) in [4.78, 5) is 16.3. The standard InChI is InChI=1S/C25H29ClF2N4O2S.C2H4O/c1-16(2)33-14-18-5-4-8-29-23(18)32-13-19(17(3)30-32)12-31-9-6-24(7-10-31)22-20(11-21(26)35-22)25(27,28)15-34-24;1-2-3/h4-5,8,11,13,16H,6-7,9-10,12,14-15H2,1-3H3;2H,1H3. The highest BCUT2D eigenvalue weighted by atomic mass is 35.5. The van der Waals surface area contributed by atoms with Gasteiger partial charge in [0, 0.05) is 53.6 Å². The molecular weight excluding hydrogens is 534 g/mol. The molecule has 5 rings (SSSR count). The molecule has 11 heteroatoms. The third kappa shape index (κ3) is 6.15. The Labute approximate surface area is 230 Å². The molecule has 0 N–H and O–H groups in total. The fourth-order valence-electron chi connectivity index (χ4n) is 4.79. The molecule has 1 spiro atoms. The summed E-state index contributed by atoms with van der Waals surface area (Å²) in [5, 5.41) is 4.72. The van der Waals surface area contributed by atoms with E-state index in [0.29, 0.717) is 28.7 Å². The van der Waals surface area contributed by atoms with E-state index in [4.69, 9.17) is 31.0 Å². The SMILES string of the molecule is CC=O.Cc1nn(-c2ncccc2COC(C)C)cc1CN1CCC2(CC1)OCC(F)(F)c1cc(Cl)sc12. The van der Waals surface area contributed by atoms with Crippen molar-refractivity contribution in [3.05, 3.63) is 62.2 Å². The molecule has 2 aliphatic heterocycles. The Hall–Kier alpha value is -2.24. The number of nitrogens with zero attached hydrogens (tertiary/aromatic N) is 4. The van der Waals surface area contributed by atoms with Gasteiger partial charge in [-0.25, -0.2) is 9.67 Å². The molecule has 3 aromatic rings. The van der Waals surface area contributed by atoms with E-state index in [9.17, 15) is 8.78 Å². The van der Waals surface area contributed by atoms with Crippen molar-refractivity contribution in [2.75, 3.05) is 19.7 Å². The number of hydrogen-bond acceptors (Lipinski definition) is 7. The normalized spacial score (nSPS) is 18.2. The molecular formula is C27H33ClF2N4O3S. The van der Waals surface area contributed by atoms with Gasteiger partial charge in [-0.05, 0) is 52.7 Å². The van der Waals surface area contributed by atoms with Gasteiger partial charge in [0.2, 0.25) is 0 Å². The van der Waals surface area contributed by atoms with Crippen LogP contribution in [0.2, 0.25) is 4.34 Å². The first-order chi connectivity index (χ1) is 18.1. The molecule has 0 aliphatic carbocycles. The van der Waals surface area contributed by atoms with Crippen LogP contribution in [0.1, 0.15) is 60.9 Å². The monoisotopic (exact) mass is 566 g/mol. The Morgan fingerprint density at radius 3 is 2.68 bits per heavy atom. The topological polar surface area (TPSA) is 69.5 Å². The fourth-order valence-corrected chi connectivity index (χ4v) is 6.27. The number of thiophene rings is 1. The molecule has 0 radical (unpaired) electrons. The molecule has 38 heavy (non-hydrogen) atoms. The zero-order valence-electron chi connectivity index (χ0n) is 22.0. The summed E-state index contributed by atoms with van der Waals surface area (Å²) in [5.74, 6) is -2.23. The van der Waals surface area contributed by atoms with Gasteiger partial charge in [-0.1, -0.05) is 17.7 Å². The van der Waals surface area contributed by atoms with Crippen molar-refractivity contribution in [1.29, 1.82) is 0 Å². The average Bonchev–Trinajstić information content (AvgIpc) is 3.46. The Morgan fingerprint density at radius 2 is 2.00 bits per heavy atom. The Bertz CT molecular complexity index is 1250. The molecule has 2 aliphatic rings. The maximum atomic E-state index is 14.4. The predicted octanol–water partition coefficient (Wildman–Crippen LogP) is 6.03. The number of piperidine rings is 1. The predicted molar refractivity (Wildman–Crippen MR) is 143 cm³/mol. The van der Waals surface area contributed by atoms with Gasteiger partial charge in [-0.2, -0.15) is 13.9 Å². The van der Waals surface area contributed by atoms with E-state index in [0.717, 1.165) is 48.6 Å². The number of aromatic nitrogens is 3. The third-order valence-corrected chi connectivity index (χ3v) is 8.20. The number of pyridine rings is 1. The van der Waals surface area contributed by atoms with Crippen molar-refractivity contribution in [1.82, 2.24) is 19.7 Å². The first-order valence-electron chi connectivity index (χ1n) is 12.6. The van der Waals surface area contributed by atoms with E-state index in [1.165, 1.54) is 24.3 Å². The number of aldehydes is 1. The largest absolute Gasteiger partial charge is 0.374 e. The maximum absolute atomic E-state index is 14.4. The van der Waals surface area contributed by atoms with Gasteiger partial charge >= 0.3 is 0 Å². The number of ether oxygens (including phenoxy) is 2. The van der Waals surface area contributed by atoms with Gasteiger partial charge < -0.3 is 14.3 Å². The van der Waals surface area contributed by atoms with Crippen LogP contribution in [0.3, 0.4) is 0 Å². The highest BCUT2D eigenvalue weighted by Gasteiger charge is 2.51. The van der Waals surface area contributed by atoms with Crippen LogP contribution < -0.4 is 0 Å². The Kier molecular flexibility index (Phi) is 8.99. The summed E-state index contributed by atoms with van der Waals surface area (Å²) >= 11 is 7.35. The number of carbonyl (C=O) groups is 1. The van der Waals surface area contributed by atoms with Gasteiger partial charge in [0.25, 0.3) is 5.92 Å². The lowest BCUT2D eigenvalue weighted by Crippen LogP contribution is -2.48. The molecule has 0 atom stereocenters. The quantitative estimate of drug-likeness (QED) is 0.339. The molecule has 206 valence electrons. The molecule has 7 nitrogen and oxygen atoms in total. The third-order valence-electron chi connectivity index (χ3n) is 6.75. The van der Waals surface area contributed by atoms with E-state index in [1.807, 2.05) is 43.8 Å². The van der Waals surface area contributed by atoms with Crippen LogP contribution in [0.25, 0.3) is 5.82 Å². The summed E-state index contributed by atoms with van der Waals surface area (Å²) < 4.78 is 42.6. The van der Waals surface area contributed by atoms with E-state index in [2.05, 4.69) is 9.88 Å². The summed E-state index contributed by atoms with van der Waals surface area (Å²) in [6.45, 7) is 9.53. The molecule has 0 aromatic carbocycles. The number of carbonyl (C=O) groups excluding carboxylic acids is 1. The maximum Gasteiger partial charge on any atom is 0.297 e. The van der Waals surface area contributed by atoms with Crippen molar-refractivity contribution in [3.63, 3.8) is 0 Å². The van der Waals surface area contributed by atoms with Gasteiger partial charge in [-0.15, -0.1) is 11.3 Å². The second-order valence-corrected chi connectivity index (χ2v) is 11.5. The number of rotatable bonds is 6. The van der Waals surface area contributed by atoms with Crippen molar-refractivity contribution >= 4 is 29.2 Å². The first kappa shape index (κ1) is 28.8. The van der Waals surface area contributed by atoms with Crippen molar-refractivity contribution in [2.24, 2.45) is 0 Å². The van der Waals surface area contributed by atoms with Crippen molar-refractivity contribution < 1.29 is 23.0 Å². The number of aryl methyl sites for hydroxylation is 1. The number of hydrogen-bond donors (Lipinski definition) is 0. The lowest BCUT2D eigenvalue weighted by molar-refractivity contribution is -0.182. The molecule has 3 aromatic heterocycles. The highest BCUT2D eigenvalue weighted by molar-refractivity contribution is 7.16. The lowest BCUT2D eigenvalue weighted by Gasteiger charge is -2.45. The van der Waals surface area contributed by atoms with Gasteiger partial charge in [0.1, 0.15) is 18.5 Å². The minimum Gasteiger partial charge on any atom is -0.374 e. The zero-order valence-corrected chi connectivity index (χ0v) is 23.6. The summed E-state index contributed by atoms with van der Waals surface area (Å²) in [5.41, 5.74) is 2.39. The fraction of sp³-hybridized carbons (Fsp3) is 0.519. The zero-order chi connectivity index (χ0) is 27.5. The van der Waals surface area contributed by atoms with Crippen LogP contribution in [0, 0.1) is 6.92 Å².